The second kappa shape index (κ2) is 15.6. The van der Waals surface area contributed by atoms with E-state index in [9.17, 15) is 23.5 Å². The first-order chi connectivity index (χ1) is 20.9. The van der Waals surface area contributed by atoms with Crippen LogP contribution in [0.5, 0.6) is 5.75 Å². The third-order valence-corrected chi connectivity index (χ3v) is 7.41. The van der Waals surface area contributed by atoms with Gasteiger partial charge in [-0.3, -0.25) is 14.1 Å². The van der Waals surface area contributed by atoms with Crippen molar-refractivity contribution in [2.45, 2.75) is 51.5 Å². The van der Waals surface area contributed by atoms with E-state index < -0.39 is 11.8 Å². The molecule has 12 heteroatoms. The highest BCUT2D eigenvalue weighted by molar-refractivity contribution is 6.30. The molecule has 2 saturated heterocycles. The number of halogens is 3. The summed E-state index contributed by atoms with van der Waals surface area (Å²) in [7, 11) is 0.500. The van der Waals surface area contributed by atoms with Crippen LogP contribution in [-0.2, 0) is 24.4 Å². The Morgan fingerprint density at radius 1 is 1.14 bits per heavy atom. The topological polar surface area (TPSA) is 110 Å². The Morgan fingerprint density at radius 2 is 1.91 bits per heavy atom. The molecule has 2 aromatic carbocycles. The first-order valence-corrected chi connectivity index (χ1v) is 14.4. The molecule has 230 valence electrons. The van der Waals surface area contributed by atoms with Gasteiger partial charge in [-0.2, -0.15) is 0 Å². The van der Waals surface area contributed by atoms with Crippen LogP contribution >= 0.6 is 11.6 Å². The van der Waals surface area contributed by atoms with Crippen LogP contribution in [0.1, 0.15) is 47.6 Å². The lowest BCUT2D eigenvalue weighted by molar-refractivity contribution is -0.0592. The molecular formula is C31H35ClF2N4O5. The van der Waals surface area contributed by atoms with E-state index in [0.717, 1.165) is 56.1 Å². The van der Waals surface area contributed by atoms with Crippen molar-refractivity contribution in [1.82, 2.24) is 19.4 Å². The summed E-state index contributed by atoms with van der Waals surface area (Å²) < 4.78 is 35.8. The second-order valence-electron chi connectivity index (χ2n) is 10.2. The molecule has 0 radical (unpaired) electrons. The van der Waals surface area contributed by atoms with Gasteiger partial charge in [0.2, 0.25) is 0 Å². The van der Waals surface area contributed by atoms with Gasteiger partial charge in [0.1, 0.15) is 12.4 Å². The first-order valence-electron chi connectivity index (χ1n) is 14.1. The Hall–Kier alpha value is -3.80. The summed E-state index contributed by atoms with van der Waals surface area (Å²) in [5.74, 6) is -0.318. The summed E-state index contributed by atoms with van der Waals surface area (Å²) in [6.45, 7) is 4.72. The van der Waals surface area contributed by atoms with E-state index in [4.69, 9.17) is 26.1 Å². The van der Waals surface area contributed by atoms with E-state index in [1.54, 1.807) is 12.1 Å². The number of aromatic carboxylic acids is 1. The molecule has 6 rings (SSSR count). The summed E-state index contributed by atoms with van der Waals surface area (Å²) in [6, 6.07) is 12.1. The Labute approximate surface area is 253 Å². The van der Waals surface area contributed by atoms with Crippen LogP contribution in [0.3, 0.4) is 0 Å². The number of ether oxygens (including phenoxy) is 2. The van der Waals surface area contributed by atoms with Crippen molar-refractivity contribution in [3.8, 4) is 5.75 Å². The summed E-state index contributed by atoms with van der Waals surface area (Å²) in [5, 5.41) is 9.59. The van der Waals surface area contributed by atoms with Crippen molar-refractivity contribution < 1.29 is 28.2 Å². The number of aromatic nitrogens is 3. The molecule has 4 heterocycles. The fraction of sp³-hybridized carbons (Fsp3) is 0.387. The minimum absolute atomic E-state index is 0.0919. The van der Waals surface area contributed by atoms with Crippen LogP contribution in [0.2, 0.25) is 5.02 Å². The molecule has 2 N–H and O–H groups in total. The molecule has 2 fully saturated rings. The maximum absolute atomic E-state index is 13.4. The fourth-order valence-electron chi connectivity index (χ4n) is 4.90. The lowest BCUT2D eigenvalue weighted by Crippen LogP contribution is -2.34. The van der Waals surface area contributed by atoms with Crippen molar-refractivity contribution in [2.24, 2.45) is 0 Å². The van der Waals surface area contributed by atoms with Gasteiger partial charge < -0.3 is 24.1 Å². The minimum atomic E-state index is -0.901. The van der Waals surface area contributed by atoms with Gasteiger partial charge in [0, 0.05) is 30.0 Å². The molecule has 1 unspecified atom stereocenters. The number of fused-ring (bicyclic) bond motifs is 1. The molecular weight excluding hydrogens is 582 g/mol. The van der Waals surface area contributed by atoms with E-state index in [-0.39, 0.29) is 23.9 Å². The highest BCUT2D eigenvalue weighted by Crippen LogP contribution is 2.24. The van der Waals surface area contributed by atoms with Gasteiger partial charge in [0.25, 0.3) is 0 Å². The molecule has 2 aliphatic heterocycles. The monoisotopic (exact) mass is 616 g/mol. The predicted molar refractivity (Wildman–Crippen MR) is 160 cm³/mol. The third kappa shape index (κ3) is 8.85. The predicted octanol–water partition coefficient (Wildman–Crippen LogP) is 5.84. The van der Waals surface area contributed by atoms with Crippen LogP contribution in [0, 0.1) is 5.82 Å². The number of rotatable bonds is 8. The molecule has 0 aliphatic carbocycles. The molecule has 43 heavy (non-hydrogen) atoms. The van der Waals surface area contributed by atoms with Gasteiger partial charge in [-0.25, -0.2) is 14.2 Å². The van der Waals surface area contributed by atoms with Gasteiger partial charge >= 0.3 is 5.97 Å². The zero-order valence-corrected chi connectivity index (χ0v) is 24.7. The standard InChI is InChI=1S/C18H23N3O3.C12H9ClFNO2.CH3F/c22-18(23)13-4-5-15-16(10-13)21(11-14-6-9-24-14)17(19-15)12-20-7-2-1-3-8-20;13-8-1-2-12(11(14)5-8)17-7-9-6-10(16)3-4-15-9;1-2/h4-5,10,14H,1-3,6-9,11-12H2,(H,22,23);1-6H,7H2,(H,15,16);1H3. The molecule has 0 amide bonds. The summed E-state index contributed by atoms with van der Waals surface area (Å²) in [4.78, 5) is 32.4. The summed E-state index contributed by atoms with van der Waals surface area (Å²) in [6.07, 6.45) is 6.59. The lowest BCUT2D eigenvalue weighted by atomic mass is 10.1. The van der Waals surface area contributed by atoms with Crippen molar-refractivity contribution in [1.29, 1.82) is 0 Å². The fourth-order valence-corrected chi connectivity index (χ4v) is 5.06. The average molecular weight is 617 g/mol. The number of H-pyrrole nitrogens is 1. The molecule has 0 saturated carbocycles. The van der Waals surface area contributed by atoms with Crippen LogP contribution in [0.25, 0.3) is 11.0 Å². The number of nitrogens with one attached hydrogen (secondary N) is 1. The molecule has 0 bridgehead atoms. The number of hydrogen-bond acceptors (Lipinski definition) is 6. The highest BCUT2D eigenvalue weighted by atomic mass is 35.5. The Kier molecular flexibility index (Phi) is 11.7. The largest absolute Gasteiger partial charge is 0.484 e. The Morgan fingerprint density at radius 3 is 2.56 bits per heavy atom. The second-order valence-corrected chi connectivity index (χ2v) is 10.6. The lowest BCUT2D eigenvalue weighted by Gasteiger charge is -2.29. The number of piperidine rings is 1. The van der Waals surface area contributed by atoms with Gasteiger partial charge in [-0.15, -0.1) is 0 Å². The quantitative estimate of drug-likeness (QED) is 0.256. The zero-order chi connectivity index (χ0) is 30.8. The maximum Gasteiger partial charge on any atom is 0.335 e. The number of carboxylic acid groups (broad SMARTS) is 1. The van der Waals surface area contributed by atoms with Crippen LogP contribution in [-0.4, -0.2) is 63.5 Å². The van der Waals surface area contributed by atoms with Crippen molar-refractivity contribution in [3.63, 3.8) is 0 Å². The Balaban J connectivity index is 0.000000197. The zero-order valence-electron chi connectivity index (χ0n) is 23.9. The van der Waals surface area contributed by atoms with Gasteiger partial charge in [-0.1, -0.05) is 18.0 Å². The maximum atomic E-state index is 13.4. The van der Waals surface area contributed by atoms with Gasteiger partial charge in [0.15, 0.2) is 17.0 Å². The number of carboxylic acids is 1. The minimum Gasteiger partial charge on any atom is -0.484 e. The molecule has 9 nitrogen and oxygen atoms in total. The van der Waals surface area contributed by atoms with Gasteiger partial charge in [-0.05, 0) is 68.8 Å². The summed E-state index contributed by atoms with van der Waals surface area (Å²) >= 11 is 5.61. The number of aromatic amines is 1. The number of benzene rings is 2. The van der Waals surface area contributed by atoms with E-state index in [1.807, 2.05) is 6.07 Å². The molecule has 1 atom stereocenters. The average Bonchev–Trinajstić information content (AvgIpc) is 3.32. The number of imidazole rings is 1. The van der Waals surface area contributed by atoms with Crippen molar-refractivity contribution in [3.05, 3.63) is 92.9 Å². The third-order valence-electron chi connectivity index (χ3n) is 7.18. The first kappa shape index (κ1) is 32.1. The molecule has 2 aromatic heterocycles. The molecule has 4 aromatic rings. The van der Waals surface area contributed by atoms with E-state index in [1.165, 1.54) is 55.8 Å². The Bertz CT molecular complexity index is 1570. The summed E-state index contributed by atoms with van der Waals surface area (Å²) in [5.41, 5.74) is 2.53. The number of hydrogen-bond donors (Lipinski definition) is 2. The van der Waals surface area contributed by atoms with E-state index in [2.05, 4.69) is 14.5 Å². The van der Waals surface area contributed by atoms with Crippen LogP contribution in [0.15, 0.2) is 59.5 Å². The normalized spacial score (nSPS) is 16.3. The number of nitrogens with zero attached hydrogens (tertiary/aromatic N) is 3. The smallest absolute Gasteiger partial charge is 0.335 e. The SMILES string of the molecule is CF.O=C(O)c1ccc2nc(CN3CCCCC3)n(CC3CCO3)c2c1.O=c1cc[nH]c(COc2ccc(Cl)cc2F)c1. The molecule has 0 spiro atoms. The van der Waals surface area contributed by atoms with Crippen molar-refractivity contribution >= 4 is 28.6 Å². The number of alkyl halides is 1. The number of carbonyl (C=O) groups is 1. The number of likely N-dealkylation sites (tertiary alicyclic amines) is 1. The van der Waals surface area contributed by atoms with Crippen LogP contribution in [0.4, 0.5) is 8.78 Å². The van der Waals surface area contributed by atoms with E-state index >= 15 is 0 Å². The van der Waals surface area contributed by atoms with Gasteiger partial charge in [0.05, 0.1) is 48.7 Å². The highest BCUT2D eigenvalue weighted by Gasteiger charge is 2.23. The van der Waals surface area contributed by atoms with Crippen molar-refractivity contribution in [2.75, 3.05) is 26.9 Å². The van der Waals surface area contributed by atoms with Crippen LogP contribution < -0.4 is 10.2 Å². The molecule has 2 aliphatic rings. The van der Waals surface area contributed by atoms with E-state index in [0.29, 0.717) is 23.5 Å². The number of pyridine rings is 1.